The first kappa shape index (κ1) is 9.55. The lowest BCUT2D eigenvalue weighted by Gasteiger charge is -1.83. The monoisotopic (exact) mass is 159 g/mol. The Kier molecular flexibility index (Phi) is 4.64. The summed E-state index contributed by atoms with van der Waals surface area (Å²) in [5.74, 6) is -0.821. The fourth-order valence-corrected chi connectivity index (χ4v) is 0.430. The third kappa shape index (κ3) is 5.02. The molecule has 2 nitrogen and oxygen atoms in total. The summed E-state index contributed by atoms with van der Waals surface area (Å²) in [6.45, 7) is 0. The van der Waals surface area contributed by atoms with Gasteiger partial charge in [-0.2, -0.15) is 0 Å². The van der Waals surface area contributed by atoms with E-state index >= 15 is 0 Å². The lowest BCUT2D eigenvalue weighted by Crippen LogP contribution is -1.82. The Morgan fingerprint density at radius 3 is 1.45 bits per heavy atom. The highest BCUT2D eigenvalue weighted by atomic mass is 19.1. The lowest BCUT2D eigenvalue weighted by atomic mass is 10.3. The second-order valence-electron chi connectivity index (χ2n) is 1.57. The van der Waals surface area contributed by atoms with E-state index in [9.17, 15) is 8.78 Å². The van der Waals surface area contributed by atoms with Crippen molar-refractivity contribution >= 4 is 6.41 Å². The molecule has 2 N–H and O–H groups in total. The predicted molar refractivity (Wildman–Crippen MR) is 36.6 cm³/mol. The number of halogens is 2. The molecule has 0 aliphatic carbocycles. The van der Waals surface area contributed by atoms with Gasteiger partial charge in [-0.15, -0.1) is 0 Å². The average molecular weight is 159 g/mol. The molecule has 0 fully saturated rings. The molecule has 11 heavy (non-hydrogen) atoms. The summed E-state index contributed by atoms with van der Waals surface area (Å²) >= 11 is 0. The minimum absolute atomic E-state index is 0.250. The molecule has 0 bridgehead atoms. The van der Waals surface area contributed by atoms with Crippen LogP contribution in [-0.2, 0) is 4.79 Å². The Balaban J connectivity index is 0.000000292. The van der Waals surface area contributed by atoms with Gasteiger partial charge in [-0.3, -0.25) is 4.79 Å². The van der Waals surface area contributed by atoms with Crippen LogP contribution >= 0.6 is 0 Å². The third-order valence-electron chi connectivity index (χ3n) is 0.804. The van der Waals surface area contributed by atoms with Crippen LogP contribution in [0.3, 0.4) is 0 Å². The normalized spacial score (nSPS) is 7.82. The Hall–Kier alpha value is -1.45. The number of carbonyl (C=O) groups is 1. The molecule has 60 valence electrons. The zero-order chi connectivity index (χ0) is 8.69. The second-order valence-corrected chi connectivity index (χ2v) is 1.57. The van der Waals surface area contributed by atoms with E-state index in [4.69, 9.17) is 4.79 Å². The van der Waals surface area contributed by atoms with Gasteiger partial charge in [-0.25, -0.2) is 8.78 Å². The predicted octanol–water partition coefficient (Wildman–Crippen LogP) is 1.07. The smallest absolute Gasteiger partial charge is 0.204 e. The molecule has 0 spiro atoms. The first-order chi connectivity index (χ1) is 5.20. The van der Waals surface area contributed by atoms with Crippen molar-refractivity contribution in [1.82, 2.24) is 0 Å². The van der Waals surface area contributed by atoms with Gasteiger partial charge in [-0.1, -0.05) is 0 Å². The number of rotatable bonds is 0. The fourth-order valence-electron chi connectivity index (χ4n) is 0.430. The zero-order valence-corrected chi connectivity index (χ0v) is 5.63. The number of nitrogens with two attached hydrogens (primary N) is 1. The van der Waals surface area contributed by atoms with Crippen LogP contribution in [0, 0.1) is 11.6 Å². The molecule has 1 rings (SSSR count). The molecule has 0 atom stereocenters. The summed E-state index contributed by atoms with van der Waals surface area (Å²) in [6, 6.07) is 4.31. The molecule has 1 aromatic rings. The topological polar surface area (TPSA) is 43.1 Å². The average Bonchev–Trinajstić information content (AvgIpc) is 1.97. The quantitative estimate of drug-likeness (QED) is 0.565. The van der Waals surface area contributed by atoms with Crippen molar-refractivity contribution in [3.05, 3.63) is 35.9 Å². The Morgan fingerprint density at radius 1 is 1.09 bits per heavy atom. The van der Waals surface area contributed by atoms with E-state index in [2.05, 4.69) is 5.73 Å². The van der Waals surface area contributed by atoms with Crippen LogP contribution < -0.4 is 5.73 Å². The molecule has 0 radical (unpaired) electrons. The number of hydrogen-bond acceptors (Lipinski definition) is 1. The highest BCUT2D eigenvalue weighted by molar-refractivity contribution is 5.42. The maximum Gasteiger partial charge on any atom is 0.204 e. The van der Waals surface area contributed by atoms with Crippen LogP contribution in [0.5, 0.6) is 0 Å². The molecule has 0 aromatic heterocycles. The molecule has 0 heterocycles. The van der Waals surface area contributed by atoms with Crippen molar-refractivity contribution in [1.29, 1.82) is 0 Å². The third-order valence-corrected chi connectivity index (χ3v) is 0.804. The van der Waals surface area contributed by atoms with Crippen LogP contribution in [-0.4, -0.2) is 6.41 Å². The standard InChI is InChI=1S/C6H4F2.CH3NO/c7-5-1-2-6(8)4-3-5;2-1-3/h1-4H;1H,(H2,2,3). The van der Waals surface area contributed by atoms with Crippen molar-refractivity contribution in [2.75, 3.05) is 0 Å². The van der Waals surface area contributed by atoms with E-state index in [1.54, 1.807) is 0 Å². The first-order valence-electron chi connectivity index (χ1n) is 2.77. The van der Waals surface area contributed by atoms with Gasteiger partial charge in [0.15, 0.2) is 0 Å². The number of carbonyl (C=O) groups excluding carboxylic acids is 1. The van der Waals surface area contributed by atoms with Gasteiger partial charge in [0.1, 0.15) is 11.6 Å². The van der Waals surface area contributed by atoms with Crippen molar-refractivity contribution in [2.45, 2.75) is 0 Å². The molecular formula is C7H7F2NO. The molecule has 0 unspecified atom stereocenters. The summed E-state index contributed by atoms with van der Waals surface area (Å²) < 4.78 is 23.8. The minimum Gasteiger partial charge on any atom is -0.372 e. The van der Waals surface area contributed by atoms with Crippen LogP contribution in [0.1, 0.15) is 0 Å². The SMILES string of the molecule is Fc1ccc(F)cc1.NC=O. The van der Waals surface area contributed by atoms with E-state index in [-0.39, 0.29) is 6.41 Å². The summed E-state index contributed by atoms with van der Waals surface area (Å²) in [7, 11) is 0. The molecule has 1 amide bonds. The molecule has 0 saturated carbocycles. The number of hydrogen-bond donors (Lipinski definition) is 1. The van der Waals surface area contributed by atoms with E-state index in [1.165, 1.54) is 0 Å². The summed E-state index contributed by atoms with van der Waals surface area (Å²) in [5.41, 5.74) is 4.17. The summed E-state index contributed by atoms with van der Waals surface area (Å²) in [4.78, 5) is 8.58. The van der Waals surface area contributed by atoms with Crippen LogP contribution in [0.25, 0.3) is 0 Å². The van der Waals surface area contributed by atoms with Crippen molar-refractivity contribution in [3.8, 4) is 0 Å². The first-order valence-corrected chi connectivity index (χ1v) is 2.77. The summed E-state index contributed by atoms with van der Waals surface area (Å²) in [6.07, 6.45) is 0.250. The number of benzene rings is 1. The Labute approximate surface area is 62.6 Å². The molecule has 0 aliphatic heterocycles. The Bertz CT molecular complexity index is 189. The molecule has 4 heteroatoms. The maximum atomic E-state index is 11.9. The maximum absolute atomic E-state index is 11.9. The zero-order valence-electron chi connectivity index (χ0n) is 5.63. The molecule has 1 aromatic carbocycles. The molecular weight excluding hydrogens is 152 g/mol. The van der Waals surface area contributed by atoms with Crippen molar-refractivity contribution in [2.24, 2.45) is 5.73 Å². The van der Waals surface area contributed by atoms with E-state index in [1.807, 2.05) is 0 Å². The highest BCUT2D eigenvalue weighted by Gasteiger charge is 1.86. The van der Waals surface area contributed by atoms with Gasteiger partial charge in [0, 0.05) is 0 Å². The van der Waals surface area contributed by atoms with Gasteiger partial charge < -0.3 is 5.73 Å². The van der Waals surface area contributed by atoms with Gasteiger partial charge in [0.2, 0.25) is 6.41 Å². The van der Waals surface area contributed by atoms with Crippen LogP contribution in [0.2, 0.25) is 0 Å². The van der Waals surface area contributed by atoms with E-state index < -0.39 is 11.6 Å². The molecule has 0 aliphatic rings. The van der Waals surface area contributed by atoms with Crippen LogP contribution in [0.15, 0.2) is 24.3 Å². The second kappa shape index (κ2) is 5.34. The minimum atomic E-state index is -0.411. The number of primary amides is 1. The fraction of sp³-hybridized carbons (Fsp3) is 0. The summed E-state index contributed by atoms with van der Waals surface area (Å²) in [5, 5.41) is 0. The van der Waals surface area contributed by atoms with E-state index in [0.717, 1.165) is 24.3 Å². The van der Waals surface area contributed by atoms with Gasteiger partial charge in [0.25, 0.3) is 0 Å². The van der Waals surface area contributed by atoms with Gasteiger partial charge in [0.05, 0.1) is 0 Å². The van der Waals surface area contributed by atoms with E-state index in [0.29, 0.717) is 0 Å². The molecule has 0 saturated heterocycles. The number of amides is 1. The van der Waals surface area contributed by atoms with Crippen LogP contribution in [0.4, 0.5) is 8.78 Å². The van der Waals surface area contributed by atoms with Gasteiger partial charge in [-0.05, 0) is 24.3 Å². The van der Waals surface area contributed by atoms with Crippen molar-refractivity contribution < 1.29 is 13.6 Å². The Morgan fingerprint density at radius 2 is 1.27 bits per heavy atom. The largest absolute Gasteiger partial charge is 0.372 e. The lowest BCUT2D eigenvalue weighted by molar-refractivity contribution is -0.106. The van der Waals surface area contributed by atoms with Gasteiger partial charge >= 0.3 is 0 Å². The highest BCUT2D eigenvalue weighted by Crippen LogP contribution is 1.98. The van der Waals surface area contributed by atoms with Crippen molar-refractivity contribution in [3.63, 3.8) is 0 Å².